The highest BCUT2D eigenvalue weighted by Crippen LogP contribution is 2.30. The highest BCUT2D eigenvalue weighted by molar-refractivity contribution is 7.11. The molecule has 1 aliphatic heterocycles. The van der Waals surface area contributed by atoms with Crippen LogP contribution in [0.1, 0.15) is 30.2 Å². The quantitative estimate of drug-likeness (QED) is 0.841. The predicted molar refractivity (Wildman–Crippen MR) is 74.2 cm³/mol. The average Bonchev–Trinajstić information content (AvgIpc) is 2.74. The molecular weight excluding hydrogens is 242 g/mol. The van der Waals surface area contributed by atoms with Gasteiger partial charge in [0, 0.05) is 24.2 Å². The number of aryl methyl sites for hydroxylation is 1. The van der Waals surface area contributed by atoms with E-state index in [1.54, 1.807) is 11.3 Å². The van der Waals surface area contributed by atoms with Crippen LogP contribution in [0.5, 0.6) is 0 Å². The summed E-state index contributed by atoms with van der Waals surface area (Å²) in [5.41, 5.74) is 0. The SMILES string of the molecule is Cc1ncc(CN2CCC(C(C)C)C(C#N)C2)s1. The van der Waals surface area contributed by atoms with Gasteiger partial charge in [0.15, 0.2) is 0 Å². The van der Waals surface area contributed by atoms with Gasteiger partial charge in [-0.3, -0.25) is 4.90 Å². The third kappa shape index (κ3) is 3.09. The predicted octanol–water partition coefficient (Wildman–Crippen LogP) is 3.07. The van der Waals surface area contributed by atoms with E-state index in [4.69, 9.17) is 0 Å². The van der Waals surface area contributed by atoms with E-state index in [1.165, 1.54) is 4.88 Å². The summed E-state index contributed by atoms with van der Waals surface area (Å²) in [6, 6.07) is 2.50. The lowest BCUT2D eigenvalue weighted by Gasteiger charge is -2.37. The van der Waals surface area contributed by atoms with E-state index in [0.717, 1.165) is 31.1 Å². The molecule has 2 rings (SSSR count). The molecule has 1 fully saturated rings. The van der Waals surface area contributed by atoms with E-state index in [9.17, 15) is 5.26 Å². The summed E-state index contributed by atoms with van der Waals surface area (Å²) in [5, 5.41) is 10.4. The molecular formula is C14H21N3S. The smallest absolute Gasteiger partial charge is 0.0897 e. The number of nitrogens with zero attached hydrogens (tertiary/aromatic N) is 3. The van der Waals surface area contributed by atoms with Crippen LogP contribution in [0, 0.1) is 36.0 Å². The van der Waals surface area contributed by atoms with Crippen molar-refractivity contribution in [3.05, 3.63) is 16.1 Å². The summed E-state index contributed by atoms with van der Waals surface area (Å²) in [6.07, 6.45) is 3.11. The highest BCUT2D eigenvalue weighted by Gasteiger charge is 2.31. The van der Waals surface area contributed by atoms with E-state index >= 15 is 0 Å². The Balaban J connectivity index is 1.96. The first kappa shape index (κ1) is 13.5. The zero-order valence-electron chi connectivity index (χ0n) is 11.4. The molecule has 98 valence electrons. The highest BCUT2D eigenvalue weighted by atomic mass is 32.1. The van der Waals surface area contributed by atoms with Crippen molar-refractivity contribution in [3.63, 3.8) is 0 Å². The van der Waals surface area contributed by atoms with Crippen LogP contribution >= 0.6 is 11.3 Å². The maximum absolute atomic E-state index is 9.31. The van der Waals surface area contributed by atoms with Gasteiger partial charge in [0.25, 0.3) is 0 Å². The molecule has 2 unspecified atom stereocenters. The van der Waals surface area contributed by atoms with Gasteiger partial charge in [0.05, 0.1) is 17.0 Å². The van der Waals surface area contributed by atoms with Crippen molar-refractivity contribution in [1.29, 1.82) is 5.26 Å². The number of piperidine rings is 1. The molecule has 1 aromatic heterocycles. The van der Waals surface area contributed by atoms with Gasteiger partial charge >= 0.3 is 0 Å². The van der Waals surface area contributed by atoms with Crippen molar-refractivity contribution in [1.82, 2.24) is 9.88 Å². The van der Waals surface area contributed by atoms with Crippen LogP contribution in [0.15, 0.2) is 6.20 Å². The van der Waals surface area contributed by atoms with Gasteiger partial charge in [-0.15, -0.1) is 11.3 Å². The number of hydrogen-bond donors (Lipinski definition) is 0. The number of aromatic nitrogens is 1. The zero-order chi connectivity index (χ0) is 13.1. The van der Waals surface area contributed by atoms with Crippen LogP contribution in [-0.4, -0.2) is 23.0 Å². The maximum Gasteiger partial charge on any atom is 0.0897 e. The first-order chi connectivity index (χ1) is 8.60. The Kier molecular flexibility index (Phi) is 4.36. The third-order valence-corrected chi connectivity index (χ3v) is 4.72. The fourth-order valence-corrected chi connectivity index (χ4v) is 3.65. The number of likely N-dealkylation sites (tertiary alicyclic amines) is 1. The largest absolute Gasteiger partial charge is 0.297 e. The molecule has 0 spiro atoms. The Morgan fingerprint density at radius 2 is 2.39 bits per heavy atom. The molecule has 0 N–H and O–H groups in total. The summed E-state index contributed by atoms with van der Waals surface area (Å²) < 4.78 is 0. The minimum absolute atomic E-state index is 0.188. The van der Waals surface area contributed by atoms with Crippen molar-refractivity contribution >= 4 is 11.3 Å². The zero-order valence-corrected chi connectivity index (χ0v) is 12.2. The molecule has 1 saturated heterocycles. The fourth-order valence-electron chi connectivity index (χ4n) is 2.81. The Labute approximate surface area is 113 Å². The van der Waals surface area contributed by atoms with Crippen LogP contribution in [-0.2, 0) is 6.54 Å². The molecule has 2 heterocycles. The van der Waals surface area contributed by atoms with Crippen LogP contribution in [0.25, 0.3) is 0 Å². The minimum Gasteiger partial charge on any atom is -0.297 e. The summed E-state index contributed by atoms with van der Waals surface area (Å²) in [6.45, 7) is 9.48. The standard InChI is InChI=1S/C14H21N3S/c1-10(2)14-4-5-17(8-12(14)6-15)9-13-7-16-11(3)18-13/h7,10,12,14H,4-5,8-9H2,1-3H3. The molecule has 18 heavy (non-hydrogen) atoms. The monoisotopic (exact) mass is 263 g/mol. The molecule has 0 aromatic carbocycles. The molecule has 0 aliphatic carbocycles. The molecule has 0 radical (unpaired) electrons. The lowest BCUT2D eigenvalue weighted by atomic mass is 9.79. The first-order valence-corrected chi connectivity index (χ1v) is 7.45. The van der Waals surface area contributed by atoms with Crippen molar-refractivity contribution in [3.8, 4) is 6.07 Å². The van der Waals surface area contributed by atoms with Gasteiger partial charge in [0.1, 0.15) is 0 Å². The van der Waals surface area contributed by atoms with Crippen molar-refractivity contribution in [2.45, 2.75) is 33.7 Å². The van der Waals surface area contributed by atoms with E-state index in [0.29, 0.717) is 11.8 Å². The average molecular weight is 263 g/mol. The van der Waals surface area contributed by atoms with E-state index < -0.39 is 0 Å². The van der Waals surface area contributed by atoms with Gasteiger partial charge in [-0.25, -0.2) is 4.98 Å². The Morgan fingerprint density at radius 1 is 1.61 bits per heavy atom. The normalized spacial score (nSPS) is 25.3. The second kappa shape index (κ2) is 5.81. The fraction of sp³-hybridized carbons (Fsp3) is 0.714. The molecule has 0 amide bonds. The van der Waals surface area contributed by atoms with Gasteiger partial charge in [-0.1, -0.05) is 13.8 Å². The van der Waals surface area contributed by atoms with Crippen molar-refractivity contribution < 1.29 is 0 Å². The Hall–Kier alpha value is -0.920. The molecule has 3 nitrogen and oxygen atoms in total. The minimum atomic E-state index is 0.188. The lowest BCUT2D eigenvalue weighted by Crippen LogP contribution is -2.41. The van der Waals surface area contributed by atoms with E-state index in [2.05, 4.69) is 29.8 Å². The van der Waals surface area contributed by atoms with Gasteiger partial charge in [-0.05, 0) is 31.7 Å². The Bertz CT molecular complexity index is 432. The van der Waals surface area contributed by atoms with Gasteiger partial charge < -0.3 is 0 Å². The summed E-state index contributed by atoms with van der Waals surface area (Å²) in [4.78, 5) is 8.01. The van der Waals surface area contributed by atoms with Crippen LogP contribution < -0.4 is 0 Å². The molecule has 1 aromatic rings. The van der Waals surface area contributed by atoms with Crippen LogP contribution in [0.3, 0.4) is 0 Å². The second-order valence-corrected chi connectivity index (χ2v) is 6.83. The van der Waals surface area contributed by atoms with Crippen molar-refractivity contribution in [2.75, 3.05) is 13.1 Å². The third-order valence-electron chi connectivity index (χ3n) is 3.82. The summed E-state index contributed by atoms with van der Waals surface area (Å²) in [5.74, 6) is 1.37. The van der Waals surface area contributed by atoms with Crippen LogP contribution in [0.4, 0.5) is 0 Å². The molecule has 2 atom stereocenters. The number of thiazole rings is 1. The van der Waals surface area contributed by atoms with Gasteiger partial charge in [-0.2, -0.15) is 5.26 Å². The van der Waals surface area contributed by atoms with Crippen molar-refractivity contribution in [2.24, 2.45) is 17.8 Å². The topological polar surface area (TPSA) is 39.9 Å². The first-order valence-electron chi connectivity index (χ1n) is 6.63. The number of hydrogen-bond acceptors (Lipinski definition) is 4. The second-order valence-electron chi connectivity index (χ2n) is 5.51. The number of rotatable bonds is 3. The van der Waals surface area contributed by atoms with E-state index in [1.807, 2.05) is 13.1 Å². The number of nitriles is 1. The Morgan fingerprint density at radius 3 is 2.94 bits per heavy atom. The summed E-state index contributed by atoms with van der Waals surface area (Å²) >= 11 is 1.76. The summed E-state index contributed by atoms with van der Waals surface area (Å²) in [7, 11) is 0. The molecule has 0 saturated carbocycles. The van der Waals surface area contributed by atoms with E-state index in [-0.39, 0.29) is 5.92 Å². The van der Waals surface area contributed by atoms with Gasteiger partial charge in [0.2, 0.25) is 0 Å². The van der Waals surface area contributed by atoms with Crippen LogP contribution in [0.2, 0.25) is 0 Å². The molecule has 1 aliphatic rings. The maximum atomic E-state index is 9.31. The molecule has 0 bridgehead atoms. The lowest BCUT2D eigenvalue weighted by molar-refractivity contribution is 0.116. The molecule has 4 heteroatoms.